The summed E-state index contributed by atoms with van der Waals surface area (Å²) in [7, 11) is 0. The van der Waals surface area contributed by atoms with Crippen LogP contribution in [-0.4, -0.2) is 12.6 Å². The van der Waals surface area contributed by atoms with E-state index in [1.807, 2.05) is 6.92 Å². The molecule has 0 N–H and O–H groups in total. The highest BCUT2D eigenvalue weighted by Crippen LogP contribution is 1.83. The molecule has 0 aromatic rings. The van der Waals surface area contributed by atoms with Gasteiger partial charge in [-0.2, -0.15) is 0 Å². The van der Waals surface area contributed by atoms with Crippen LogP contribution in [0.5, 0.6) is 0 Å². The third-order valence-electron chi connectivity index (χ3n) is 0.922. The summed E-state index contributed by atoms with van der Waals surface area (Å²) in [5.74, 6) is 4.52. The van der Waals surface area contributed by atoms with Crippen molar-refractivity contribution < 1.29 is 9.53 Å². The first-order chi connectivity index (χ1) is 5.31. The fourth-order valence-corrected chi connectivity index (χ4v) is 0.432. The maximum absolute atomic E-state index is 10.6. The summed E-state index contributed by atoms with van der Waals surface area (Å²) in [5.41, 5.74) is 0. The van der Waals surface area contributed by atoms with Gasteiger partial charge in [0.1, 0.15) is 0 Å². The van der Waals surface area contributed by atoms with Gasteiger partial charge in [-0.25, -0.2) is 4.79 Å². The molecule has 0 aromatic carbocycles. The second kappa shape index (κ2) is 6.88. The van der Waals surface area contributed by atoms with Crippen LogP contribution in [0.1, 0.15) is 19.8 Å². The minimum atomic E-state index is -0.450. The summed E-state index contributed by atoms with van der Waals surface area (Å²) in [5, 5.41) is 0. The average Bonchev–Trinajstić information content (AvgIpc) is 2.01. The van der Waals surface area contributed by atoms with Crippen molar-refractivity contribution in [1.82, 2.24) is 0 Å². The lowest BCUT2D eigenvalue weighted by molar-refractivity contribution is -0.136. The SMILES string of the molecule is C=CCCOC(=O)C#CCC. The number of carbonyl (C=O) groups is 1. The average molecular weight is 152 g/mol. The summed E-state index contributed by atoms with van der Waals surface area (Å²) in [6.07, 6.45) is 3.05. The molecule has 0 unspecified atom stereocenters. The molecule has 0 aliphatic rings. The van der Waals surface area contributed by atoms with Crippen LogP contribution in [0.25, 0.3) is 0 Å². The van der Waals surface area contributed by atoms with Crippen LogP contribution in [0.4, 0.5) is 0 Å². The molecule has 0 saturated carbocycles. The molecule has 0 atom stereocenters. The van der Waals surface area contributed by atoms with E-state index in [-0.39, 0.29) is 0 Å². The molecule has 0 aromatic heterocycles. The molecule has 60 valence electrons. The predicted octanol–water partition coefficient (Wildman–Crippen LogP) is 1.52. The molecule has 0 aliphatic carbocycles. The normalized spacial score (nSPS) is 7.73. The fourth-order valence-electron chi connectivity index (χ4n) is 0.432. The van der Waals surface area contributed by atoms with Crippen LogP contribution in [0, 0.1) is 11.8 Å². The Labute approximate surface area is 67.2 Å². The van der Waals surface area contributed by atoms with E-state index in [1.165, 1.54) is 0 Å². The van der Waals surface area contributed by atoms with Gasteiger partial charge in [-0.15, -0.1) is 6.58 Å². The Morgan fingerprint density at radius 2 is 2.45 bits per heavy atom. The Kier molecular flexibility index (Phi) is 6.11. The second-order valence-corrected chi connectivity index (χ2v) is 1.87. The summed E-state index contributed by atoms with van der Waals surface area (Å²) in [6, 6.07) is 0. The third kappa shape index (κ3) is 6.66. The zero-order chi connectivity index (χ0) is 8.53. The lowest BCUT2D eigenvalue weighted by atomic mass is 10.4. The van der Waals surface area contributed by atoms with Crippen LogP contribution < -0.4 is 0 Å². The summed E-state index contributed by atoms with van der Waals surface area (Å²) in [4.78, 5) is 10.6. The molecular formula is C9H12O2. The van der Waals surface area contributed by atoms with Gasteiger partial charge in [0.2, 0.25) is 0 Å². The van der Waals surface area contributed by atoms with Crippen LogP contribution in [0.2, 0.25) is 0 Å². The van der Waals surface area contributed by atoms with Gasteiger partial charge in [0, 0.05) is 12.3 Å². The highest BCUT2D eigenvalue weighted by atomic mass is 16.5. The van der Waals surface area contributed by atoms with Crippen LogP contribution in [-0.2, 0) is 9.53 Å². The first kappa shape index (κ1) is 9.77. The van der Waals surface area contributed by atoms with E-state index in [2.05, 4.69) is 18.4 Å². The van der Waals surface area contributed by atoms with E-state index in [9.17, 15) is 4.79 Å². The van der Waals surface area contributed by atoms with Crippen molar-refractivity contribution in [2.24, 2.45) is 0 Å². The highest BCUT2D eigenvalue weighted by Gasteiger charge is 1.92. The molecule has 2 heteroatoms. The van der Waals surface area contributed by atoms with E-state index < -0.39 is 5.97 Å². The first-order valence-electron chi connectivity index (χ1n) is 3.57. The lowest BCUT2D eigenvalue weighted by Gasteiger charge is -1.94. The Morgan fingerprint density at radius 1 is 1.73 bits per heavy atom. The largest absolute Gasteiger partial charge is 0.456 e. The molecule has 0 heterocycles. The molecule has 0 saturated heterocycles. The highest BCUT2D eigenvalue weighted by molar-refractivity contribution is 5.88. The van der Waals surface area contributed by atoms with Crippen LogP contribution in [0.15, 0.2) is 12.7 Å². The van der Waals surface area contributed by atoms with Gasteiger partial charge in [0.05, 0.1) is 6.61 Å². The molecule has 0 amide bonds. The van der Waals surface area contributed by atoms with E-state index in [0.717, 1.165) is 0 Å². The van der Waals surface area contributed by atoms with E-state index in [1.54, 1.807) is 6.08 Å². The molecule has 0 fully saturated rings. The van der Waals surface area contributed by atoms with Crippen LogP contribution in [0.3, 0.4) is 0 Å². The van der Waals surface area contributed by atoms with Crippen molar-refractivity contribution in [1.29, 1.82) is 0 Å². The maximum Gasteiger partial charge on any atom is 0.384 e. The smallest absolute Gasteiger partial charge is 0.384 e. The van der Waals surface area contributed by atoms with E-state index in [0.29, 0.717) is 19.4 Å². The molecular weight excluding hydrogens is 140 g/mol. The van der Waals surface area contributed by atoms with Gasteiger partial charge in [-0.3, -0.25) is 0 Å². The maximum atomic E-state index is 10.6. The van der Waals surface area contributed by atoms with Gasteiger partial charge >= 0.3 is 5.97 Å². The standard InChI is InChI=1S/C9H12O2/c1-3-5-7-9(10)11-8-6-4-2/h4H,2-3,6,8H2,1H3. The number of ether oxygens (including phenoxy) is 1. The van der Waals surface area contributed by atoms with Crippen molar-refractivity contribution in [2.75, 3.05) is 6.61 Å². The van der Waals surface area contributed by atoms with Gasteiger partial charge < -0.3 is 4.74 Å². The Balaban J connectivity index is 3.44. The Bertz CT molecular complexity index is 183. The van der Waals surface area contributed by atoms with Crippen molar-refractivity contribution in [2.45, 2.75) is 19.8 Å². The molecule has 11 heavy (non-hydrogen) atoms. The minimum absolute atomic E-state index is 0.376. The van der Waals surface area contributed by atoms with Crippen molar-refractivity contribution in [3.8, 4) is 11.8 Å². The molecule has 2 nitrogen and oxygen atoms in total. The molecule has 0 bridgehead atoms. The van der Waals surface area contributed by atoms with Gasteiger partial charge in [0.15, 0.2) is 0 Å². The molecule has 0 radical (unpaired) electrons. The van der Waals surface area contributed by atoms with Crippen molar-refractivity contribution in [3.05, 3.63) is 12.7 Å². The van der Waals surface area contributed by atoms with Gasteiger partial charge in [-0.05, 0) is 6.42 Å². The first-order valence-corrected chi connectivity index (χ1v) is 3.57. The minimum Gasteiger partial charge on any atom is -0.456 e. The number of rotatable bonds is 3. The number of esters is 1. The van der Waals surface area contributed by atoms with Crippen LogP contribution >= 0.6 is 0 Å². The van der Waals surface area contributed by atoms with Gasteiger partial charge in [-0.1, -0.05) is 18.9 Å². The summed E-state index contributed by atoms with van der Waals surface area (Å²) >= 11 is 0. The Hall–Kier alpha value is -1.23. The fraction of sp³-hybridized carbons (Fsp3) is 0.444. The number of hydrogen-bond acceptors (Lipinski definition) is 2. The van der Waals surface area contributed by atoms with E-state index in [4.69, 9.17) is 4.74 Å². The second-order valence-electron chi connectivity index (χ2n) is 1.87. The van der Waals surface area contributed by atoms with Crippen molar-refractivity contribution >= 4 is 5.97 Å². The summed E-state index contributed by atoms with van der Waals surface area (Å²) in [6.45, 7) is 5.75. The van der Waals surface area contributed by atoms with E-state index >= 15 is 0 Å². The lowest BCUT2D eigenvalue weighted by Crippen LogP contribution is -2.01. The third-order valence-corrected chi connectivity index (χ3v) is 0.922. The predicted molar refractivity (Wildman–Crippen MR) is 43.8 cm³/mol. The van der Waals surface area contributed by atoms with Gasteiger partial charge in [0.25, 0.3) is 0 Å². The Morgan fingerprint density at radius 3 is 3.00 bits per heavy atom. The number of carbonyl (C=O) groups excluding carboxylic acids is 1. The topological polar surface area (TPSA) is 26.3 Å². The summed E-state index contributed by atoms with van der Waals surface area (Å²) < 4.78 is 4.70. The molecule has 0 spiro atoms. The zero-order valence-corrected chi connectivity index (χ0v) is 6.72. The quantitative estimate of drug-likeness (QED) is 0.201. The van der Waals surface area contributed by atoms with Crippen molar-refractivity contribution in [3.63, 3.8) is 0 Å². The molecule has 0 rings (SSSR count). The molecule has 0 aliphatic heterocycles. The monoisotopic (exact) mass is 152 g/mol. The zero-order valence-electron chi connectivity index (χ0n) is 6.72. The number of hydrogen-bond donors (Lipinski definition) is 0.